The van der Waals surface area contributed by atoms with Gasteiger partial charge in [0.25, 0.3) is 12.0 Å². The summed E-state index contributed by atoms with van der Waals surface area (Å²) < 4.78 is 24.9. The molecule has 1 aromatic rings. The van der Waals surface area contributed by atoms with E-state index in [1.165, 1.54) is 0 Å². The van der Waals surface area contributed by atoms with Crippen LogP contribution in [0.4, 0.5) is 8.78 Å². The van der Waals surface area contributed by atoms with Crippen molar-refractivity contribution >= 4 is 17.6 Å². The molecule has 1 rings (SSSR count). The second-order valence-electron chi connectivity index (χ2n) is 2.69. The Morgan fingerprint density at radius 3 is 2.60 bits per heavy atom. The molecule has 0 aliphatic rings. The maximum Gasteiger partial charge on any atom is 0.352 e. The average molecular weight is 238 g/mol. The van der Waals surface area contributed by atoms with Crippen LogP contribution in [0.2, 0.25) is 0 Å². The highest BCUT2D eigenvalue weighted by atomic mass is 35.5. The van der Waals surface area contributed by atoms with Crippen molar-refractivity contribution in [1.82, 2.24) is 4.98 Å². The summed E-state index contributed by atoms with van der Waals surface area (Å²) in [5.41, 5.74) is -2.44. The summed E-state index contributed by atoms with van der Waals surface area (Å²) in [6.07, 6.45) is -2.93. The third kappa shape index (κ3) is 2.33. The molecule has 0 radical (unpaired) electrons. The second-order valence-corrected chi connectivity index (χ2v) is 2.95. The first-order chi connectivity index (χ1) is 6.97. The lowest BCUT2D eigenvalue weighted by atomic mass is 10.1. The zero-order chi connectivity index (χ0) is 11.6. The van der Waals surface area contributed by atoms with E-state index in [0.29, 0.717) is 6.07 Å². The van der Waals surface area contributed by atoms with Crippen LogP contribution in [0, 0.1) is 0 Å². The van der Waals surface area contributed by atoms with Gasteiger partial charge < -0.3 is 10.1 Å². The number of H-pyrrole nitrogens is 1. The van der Waals surface area contributed by atoms with E-state index in [2.05, 4.69) is 0 Å². The number of carboxylic acids is 1. The number of carboxylic acid groups (broad SMARTS) is 1. The van der Waals surface area contributed by atoms with Crippen LogP contribution in [0.25, 0.3) is 0 Å². The molecule has 0 saturated heterocycles. The lowest BCUT2D eigenvalue weighted by molar-refractivity contribution is 0.0689. The summed E-state index contributed by atoms with van der Waals surface area (Å²) in [7, 11) is 0. The van der Waals surface area contributed by atoms with Crippen LogP contribution in [0.3, 0.4) is 0 Å². The molecule has 0 aliphatic carbocycles. The third-order valence-corrected chi connectivity index (χ3v) is 2.04. The fraction of sp³-hybridized carbons (Fsp3) is 0.250. The van der Waals surface area contributed by atoms with Gasteiger partial charge in [-0.3, -0.25) is 4.79 Å². The number of hydrogen-bond donors (Lipinski definition) is 2. The molecule has 0 bridgehead atoms. The Balaban J connectivity index is 3.46. The van der Waals surface area contributed by atoms with Crippen molar-refractivity contribution in [2.45, 2.75) is 12.3 Å². The van der Waals surface area contributed by atoms with E-state index < -0.39 is 35.1 Å². The average Bonchev–Trinajstić information content (AvgIpc) is 2.16. The number of hydrogen-bond acceptors (Lipinski definition) is 2. The molecule has 0 aliphatic heterocycles. The SMILES string of the molecule is O=C(O)c1cc(C(F)F)c(CCl)c(=O)[nH]1. The van der Waals surface area contributed by atoms with Gasteiger partial charge in [-0.25, -0.2) is 13.6 Å². The van der Waals surface area contributed by atoms with Crippen LogP contribution in [0.1, 0.15) is 28.0 Å². The van der Waals surface area contributed by atoms with E-state index in [4.69, 9.17) is 16.7 Å². The normalized spacial score (nSPS) is 10.7. The van der Waals surface area contributed by atoms with Gasteiger partial charge in [0.2, 0.25) is 0 Å². The first-order valence-corrected chi connectivity index (χ1v) is 4.34. The molecule has 1 aromatic heterocycles. The summed E-state index contributed by atoms with van der Waals surface area (Å²) >= 11 is 5.31. The summed E-state index contributed by atoms with van der Waals surface area (Å²) in [5, 5.41) is 8.53. The summed E-state index contributed by atoms with van der Waals surface area (Å²) in [6.45, 7) is 0. The largest absolute Gasteiger partial charge is 0.477 e. The molecule has 7 heteroatoms. The number of halogens is 3. The minimum atomic E-state index is -2.93. The molecule has 0 spiro atoms. The Kier molecular flexibility index (Phi) is 3.41. The van der Waals surface area contributed by atoms with Crippen molar-refractivity contribution in [3.63, 3.8) is 0 Å². The van der Waals surface area contributed by atoms with Gasteiger partial charge in [-0.15, -0.1) is 11.6 Å². The van der Waals surface area contributed by atoms with Crippen molar-refractivity contribution in [2.75, 3.05) is 0 Å². The third-order valence-electron chi connectivity index (χ3n) is 1.77. The zero-order valence-corrected chi connectivity index (χ0v) is 8.02. The molecule has 0 unspecified atom stereocenters. The molecule has 0 amide bonds. The number of aromatic nitrogens is 1. The number of aromatic amines is 1. The second kappa shape index (κ2) is 4.39. The maximum atomic E-state index is 12.4. The zero-order valence-electron chi connectivity index (χ0n) is 7.26. The topological polar surface area (TPSA) is 70.2 Å². The molecule has 4 nitrogen and oxygen atoms in total. The molecular formula is C8H6ClF2NO3. The number of pyridine rings is 1. The number of alkyl halides is 3. The van der Waals surface area contributed by atoms with Gasteiger partial charge in [-0.05, 0) is 6.07 Å². The first-order valence-electron chi connectivity index (χ1n) is 3.81. The van der Waals surface area contributed by atoms with E-state index >= 15 is 0 Å². The number of carbonyl (C=O) groups is 1. The van der Waals surface area contributed by atoms with Crippen LogP contribution in [0.5, 0.6) is 0 Å². The van der Waals surface area contributed by atoms with Gasteiger partial charge in [-0.2, -0.15) is 0 Å². The van der Waals surface area contributed by atoms with Crippen LogP contribution >= 0.6 is 11.6 Å². The van der Waals surface area contributed by atoms with Crippen molar-refractivity contribution in [3.8, 4) is 0 Å². The number of aromatic carboxylic acids is 1. The predicted molar refractivity (Wildman–Crippen MR) is 48.5 cm³/mol. The Morgan fingerprint density at radius 1 is 1.60 bits per heavy atom. The van der Waals surface area contributed by atoms with Crippen LogP contribution in [-0.2, 0) is 5.88 Å². The summed E-state index contributed by atoms with van der Waals surface area (Å²) in [4.78, 5) is 23.6. The monoisotopic (exact) mass is 237 g/mol. The highest BCUT2D eigenvalue weighted by Crippen LogP contribution is 2.22. The fourth-order valence-electron chi connectivity index (χ4n) is 1.06. The summed E-state index contributed by atoms with van der Waals surface area (Å²) in [6, 6.07) is 0.714. The first kappa shape index (κ1) is 11.6. The van der Waals surface area contributed by atoms with E-state index in [1.54, 1.807) is 0 Å². The Labute approximate surface area is 87.5 Å². The molecular weight excluding hydrogens is 232 g/mol. The van der Waals surface area contributed by atoms with E-state index in [0.717, 1.165) is 0 Å². The highest BCUT2D eigenvalue weighted by Gasteiger charge is 2.18. The highest BCUT2D eigenvalue weighted by molar-refractivity contribution is 6.17. The van der Waals surface area contributed by atoms with E-state index in [-0.39, 0.29) is 5.56 Å². The smallest absolute Gasteiger partial charge is 0.352 e. The lowest BCUT2D eigenvalue weighted by Crippen LogP contribution is -2.19. The molecule has 0 aromatic carbocycles. The number of rotatable bonds is 3. The van der Waals surface area contributed by atoms with Crippen molar-refractivity contribution in [2.24, 2.45) is 0 Å². The quantitative estimate of drug-likeness (QED) is 0.787. The van der Waals surface area contributed by atoms with Gasteiger partial charge in [0.1, 0.15) is 5.69 Å². The van der Waals surface area contributed by atoms with Crippen LogP contribution < -0.4 is 5.56 Å². The van der Waals surface area contributed by atoms with Crippen LogP contribution in [-0.4, -0.2) is 16.1 Å². The number of nitrogens with one attached hydrogen (secondary N) is 1. The molecule has 82 valence electrons. The van der Waals surface area contributed by atoms with Gasteiger partial charge in [0.05, 0.1) is 5.88 Å². The molecule has 15 heavy (non-hydrogen) atoms. The Bertz CT molecular complexity index is 444. The molecule has 0 fully saturated rings. The summed E-state index contributed by atoms with van der Waals surface area (Å²) in [5.74, 6) is -1.87. The Morgan fingerprint density at radius 2 is 2.20 bits per heavy atom. The van der Waals surface area contributed by atoms with Crippen molar-refractivity contribution in [3.05, 3.63) is 33.2 Å². The van der Waals surface area contributed by atoms with E-state index in [1.807, 2.05) is 4.98 Å². The van der Waals surface area contributed by atoms with Crippen molar-refractivity contribution < 1.29 is 18.7 Å². The Hall–Kier alpha value is -1.43. The van der Waals surface area contributed by atoms with Gasteiger partial charge >= 0.3 is 5.97 Å². The molecule has 0 atom stereocenters. The minimum absolute atomic E-state index is 0.309. The predicted octanol–water partition coefficient (Wildman–Crippen LogP) is 1.75. The molecule has 1 heterocycles. The van der Waals surface area contributed by atoms with Gasteiger partial charge in [0, 0.05) is 11.1 Å². The maximum absolute atomic E-state index is 12.4. The fourth-order valence-corrected chi connectivity index (χ4v) is 1.33. The van der Waals surface area contributed by atoms with Crippen molar-refractivity contribution in [1.29, 1.82) is 0 Å². The molecule has 0 saturated carbocycles. The standard InChI is InChI=1S/C8H6ClF2NO3/c9-2-4-3(6(10)11)1-5(8(14)15)12-7(4)13/h1,6H,2H2,(H,12,13)(H,14,15). The lowest BCUT2D eigenvalue weighted by Gasteiger charge is -2.06. The van der Waals surface area contributed by atoms with E-state index in [9.17, 15) is 18.4 Å². The minimum Gasteiger partial charge on any atom is -0.477 e. The molecule has 2 N–H and O–H groups in total. The van der Waals surface area contributed by atoms with Gasteiger partial charge in [-0.1, -0.05) is 0 Å². The van der Waals surface area contributed by atoms with Gasteiger partial charge in [0.15, 0.2) is 0 Å². The van der Waals surface area contributed by atoms with Crippen LogP contribution in [0.15, 0.2) is 10.9 Å².